The van der Waals surface area contributed by atoms with Crippen LogP contribution >= 0.6 is 0 Å². The highest BCUT2D eigenvalue weighted by molar-refractivity contribution is 7.89. The van der Waals surface area contributed by atoms with Gasteiger partial charge in [-0.15, -0.1) is 0 Å². The third-order valence-corrected chi connectivity index (χ3v) is 5.18. The number of halogens is 1. The summed E-state index contributed by atoms with van der Waals surface area (Å²) in [5.74, 6) is 0.314. The van der Waals surface area contributed by atoms with E-state index >= 15 is 0 Å². The van der Waals surface area contributed by atoms with Crippen molar-refractivity contribution in [3.05, 3.63) is 71.9 Å². The number of sulfonamides is 1. The lowest BCUT2D eigenvalue weighted by atomic mass is 10.2. The monoisotopic (exact) mass is 360 g/mol. The molecule has 0 saturated carbocycles. The van der Waals surface area contributed by atoms with E-state index in [0.29, 0.717) is 17.9 Å². The fourth-order valence-corrected chi connectivity index (χ4v) is 3.45. The van der Waals surface area contributed by atoms with Gasteiger partial charge < -0.3 is 4.42 Å². The first-order chi connectivity index (χ1) is 12.0. The number of aromatic nitrogens is 1. The Bertz CT molecular complexity index is 969. The Kier molecular flexibility index (Phi) is 4.96. The summed E-state index contributed by atoms with van der Waals surface area (Å²) in [4.78, 5) is 4.50. The normalized spacial score (nSPS) is 11.6. The van der Waals surface area contributed by atoms with E-state index in [0.717, 1.165) is 0 Å². The van der Waals surface area contributed by atoms with Crippen LogP contribution in [-0.4, -0.2) is 19.9 Å². The molecule has 0 fully saturated rings. The molecule has 1 heterocycles. The fraction of sp³-hybridized carbons (Fsp3) is 0.167. The standard InChI is InChI=1S/C18H17FN2O3S/c1-13-17(21-18(24-13)15-9-5-6-10-16(15)19)11-12-20-25(22,23)14-7-3-2-4-8-14/h2-10,20H,11-12H2,1H3. The molecule has 1 aromatic heterocycles. The molecule has 3 aromatic rings. The zero-order valence-electron chi connectivity index (χ0n) is 13.6. The maximum absolute atomic E-state index is 13.8. The first-order valence-electron chi connectivity index (χ1n) is 7.73. The Morgan fingerprint density at radius 1 is 1.08 bits per heavy atom. The summed E-state index contributed by atoms with van der Waals surface area (Å²) in [7, 11) is -3.56. The second-order valence-electron chi connectivity index (χ2n) is 5.46. The summed E-state index contributed by atoms with van der Waals surface area (Å²) in [5.41, 5.74) is 0.871. The van der Waals surface area contributed by atoms with Crippen molar-refractivity contribution in [1.82, 2.24) is 9.71 Å². The van der Waals surface area contributed by atoms with Crippen LogP contribution in [0.15, 0.2) is 63.9 Å². The highest BCUT2D eigenvalue weighted by Gasteiger charge is 2.16. The Morgan fingerprint density at radius 3 is 2.48 bits per heavy atom. The van der Waals surface area contributed by atoms with Crippen molar-refractivity contribution in [3.8, 4) is 11.5 Å². The highest BCUT2D eigenvalue weighted by atomic mass is 32.2. The molecular weight excluding hydrogens is 343 g/mol. The molecule has 25 heavy (non-hydrogen) atoms. The van der Waals surface area contributed by atoms with Crippen molar-refractivity contribution in [1.29, 1.82) is 0 Å². The number of hydrogen-bond acceptors (Lipinski definition) is 4. The van der Waals surface area contributed by atoms with Gasteiger partial charge in [-0.05, 0) is 31.2 Å². The lowest BCUT2D eigenvalue weighted by Crippen LogP contribution is -2.26. The minimum absolute atomic E-state index is 0.168. The van der Waals surface area contributed by atoms with E-state index in [1.54, 1.807) is 43.3 Å². The summed E-state index contributed by atoms with van der Waals surface area (Å²) in [5, 5.41) is 0. The van der Waals surface area contributed by atoms with Gasteiger partial charge in [-0.2, -0.15) is 0 Å². The molecule has 0 aliphatic heterocycles. The van der Waals surface area contributed by atoms with Crippen LogP contribution in [0.3, 0.4) is 0 Å². The zero-order valence-corrected chi connectivity index (χ0v) is 14.4. The zero-order chi connectivity index (χ0) is 17.9. The van der Waals surface area contributed by atoms with Gasteiger partial charge in [0.25, 0.3) is 0 Å². The molecule has 0 spiro atoms. The van der Waals surface area contributed by atoms with Gasteiger partial charge in [0.05, 0.1) is 16.2 Å². The van der Waals surface area contributed by atoms with Crippen LogP contribution < -0.4 is 4.72 Å². The Balaban J connectivity index is 1.70. The molecule has 0 unspecified atom stereocenters. The molecule has 0 amide bonds. The number of oxazole rings is 1. The van der Waals surface area contributed by atoms with Crippen LogP contribution in [0.25, 0.3) is 11.5 Å². The third-order valence-electron chi connectivity index (χ3n) is 3.70. The number of aryl methyl sites for hydroxylation is 1. The van der Waals surface area contributed by atoms with E-state index in [9.17, 15) is 12.8 Å². The van der Waals surface area contributed by atoms with E-state index in [1.165, 1.54) is 18.2 Å². The lowest BCUT2D eigenvalue weighted by molar-refractivity contribution is 0.531. The summed E-state index contributed by atoms with van der Waals surface area (Å²) >= 11 is 0. The molecule has 7 heteroatoms. The van der Waals surface area contributed by atoms with Gasteiger partial charge in [0.15, 0.2) is 0 Å². The van der Waals surface area contributed by atoms with Gasteiger partial charge in [0.1, 0.15) is 11.6 Å². The molecule has 1 N–H and O–H groups in total. The molecule has 0 bridgehead atoms. The smallest absolute Gasteiger partial charge is 0.240 e. The molecule has 130 valence electrons. The summed E-state index contributed by atoms with van der Waals surface area (Å²) in [6.07, 6.45) is 0.343. The number of benzene rings is 2. The predicted molar refractivity (Wildman–Crippen MR) is 92.0 cm³/mol. The number of nitrogens with one attached hydrogen (secondary N) is 1. The second kappa shape index (κ2) is 7.16. The van der Waals surface area contributed by atoms with Gasteiger partial charge in [0, 0.05) is 13.0 Å². The molecule has 0 aliphatic rings. The quantitative estimate of drug-likeness (QED) is 0.732. The largest absolute Gasteiger partial charge is 0.441 e. The minimum atomic E-state index is -3.56. The van der Waals surface area contributed by atoms with E-state index in [2.05, 4.69) is 9.71 Å². The molecule has 0 radical (unpaired) electrons. The molecular formula is C18H17FN2O3S. The number of rotatable bonds is 6. The molecule has 0 saturated heterocycles. The van der Waals surface area contributed by atoms with Gasteiger partial charge in [-0.1, -0.05) is 30.3 Å². The minimum Gasteiger partial charge on any atom is -0.441 e. The molecule has 3 rings (SSSR count). The Hall–Kier alpha value is -2.51. The van der Waals surface area contributed by atoms with Gasteiger partial charge in [-0.25, -0.2) is 22.5 Å². The first kappa shape index (κ1) is 17.3. The van der Waals surface area contributed by atoms with Crippen LogP contribution in [0, 0.1) is 12.7 Å². The van der Waals surface area contributed by atoms with Gasteiger partial charge in [0.2, 0.25) is 15.9 Å². The van der Waals surface area contributed by atoms with E-state index in [-0.39, 0.29) is 22.9 Å². The topological polar surface area (TPSA) is 72.2 Å². The SMILES string of the molecule is Cc1oc(-c2ccccc2F)nc1CCNS(=O)(=O)c1ccccc1. The highest BCUT2D eigenvalue weighted by Crippen LogP contribution is 2.24. The fourth-order valence-electron chi connectivity index (χ4n) is 2.40. The van der Waals surface area contributed by atoms with Crippen molar-refractivity contribution in [3.63, 3.8) is 0 Å². The summed E-state index contributed by atoms with van der Waals surface area (Å²) in [6.45, 7) is 1.89. The van der Waals surface area contributed by atoms with Crippen molar-refractivity contribution >= 4 is 10.0 Å². The Labute approximate surface area is 145 Å². The number of nitrogens with zero attached hydrogens (tertiary/aromatic N) is 1. The van der Waals surface area contributed by atoms with Crippen molar-refractivity contribution in [2.24, 2.45) is 0 Å². The van der Waals surface area contributed by atoms with Crippen molar-refractivity contribution in [2.75, 3.05) is 6.54 Å². The lowest BCUT2D eigenvalue weighted by Gasteiger charge is -2.05. The molecule has 5 nitrogen and oxygen atoms in total. The van der Waals surface area contributed by atoms with Crippen LogP contribution in [0.5, 0.6) is 0 Å². The maximum Gasteiger partial charge on any atom is 0.240 e. The average Bonchev–Trinajstić information content (AvgIpc) is 2.97. The van der Waals surface area contributed by atoms with E-state index in [1.807, 2.05) is 0 Å². The second-order valence-corrected chi connectivity index (χ2v) is 7.23. The van der Waals surface area contributed by atoms with Crippen LogP contribution in [0.2, 0.25) is 0 Å². The van der Waals surface area contributed by atoms with Gasteiger partial charge in [-0.3, -0.25) is 0 Å². The maximum atomic E-state index is 13.8. The van der Waals surface area contributed by atoms with Gasteiger partial charge >= 0.3 is 0 Å². The number of hydrogen-bond donors (Lipinski definition) is 1. The first-order valence-corrected chi connectivity index (χ1v) is 9.21. The predicted octanol–water partition coefficient (Wildman–Crippen LogP) is 3.31. The van der Waals surface area contributed by atoms with Crippen LogP contribution in [0.4, 0.5) is 4.39 Å². The van der Waals surface area contributed by atoms with Crippen LogP contribution in [0.1, 0.15) is 11.5 Å². The van der Waals surface area contributed by atoms with Crippen molar-refractivity contribution < 1.29 is 17.2 Å². The average molecular weight is 360 g/mol. The molecule has 0 aliphatic carbocycles. The van der Waals surface area contributed by atoms with E-state index in [4.69, 9.17) is 4.42 Å². The summed E-state index contributed by atoms with van der Waals surface area (Å²) < 4.78 is 46.2. The van der Waals surface area contributed by atoms with E-state index < -0.39 is 15.8 Å². The third kappa shape index (κ3) is 3.94. The molecule has 2 aromatic carbocycles. The van der Waals surface area contributed by atoms with Crippen molar-refractivity contribution in [2.45, 2.75) is 18.2 Å². The Morgan fingerprint density at radius 2 is 1.76 bits per heavy atom. The summed E-state index contributed by atoms with van der Waals surface area (Å²) in [6, 6.07) is 14.3. The molecule has 0 atom stereocenters. The van der Waals surface area contributed by atoms with Crippen LogP contribution in [-0.2, 0) is 16.4 Å².